The van der Waals surface area contributed by atoms with Gasteiger partial charge in [0.2, 0.25) is 0 Å². The fraction of sp³-hybridized carbons (Fsp3) is 0.250. The van der Waals surface area contributed by atoms with E-state index in [1.54, 1.807) is 26.0 Å². The van der Waals surface area contributed by atoms with Crippen molar-refractivity contribution in [2.24, 2.45) is 0 Å². The Balaban J connectivity index is 2.36. The van der Waals surface area contributed by atoms with Crippen molar-refractivity contribution in [3.05, 3.63) is 29.5 Å². The van der Waals surface area contributed by atoms with Gasteiger partial charge in [0, 0.05) is 10.9 Å². The van der Waals surface area contributed by atoms with Gasteiger partial charge in [-0.1, -0.05) is 5.16 Å². The summed E-state index contributed by atoms with van der Waals surface area (Å²) in [6.07, 6.45) is 0. The van der Waals surface area contributed by atoms with E-state index in [1.165, 1.54) is 6.07 Å². The third-order valence-corrected chi connectivity index (χ3v) is 2.38. The summed E-state index contributed by atoms with van der Waals surface area (Å²) in [5.41, 5.74) is 1.47. The largest absolute Gasteiger partial charge is 0.460 e. The summed E-state index contributed by atoms with van der Waals surface area (Å²) in [5, 5.41) is 4.60. The molecule has 0 saturated carbocycles. The molecule has 5 heteroatoms. The second-order valence-electron chi connectivity index (χ2n) is 3.53. The lowest BCUT2D eigenvalue weighted by Gasteiger charge is -2.00. The van der Waals surface area contributed by atoms with Crippen LogP contribution in [0.2, 0.25) is 0 Å². The minimum atomic E-state index is -0.858. The maximum atomic E-state index is 11.6. The van der Waals surface area contributed by atoms with Crippen LogP contribution < -0.4 is 0 Å². The molecule has 0 saturated heterocycles. The first-order valence-electron chi connectivity index (χ1n) is 5.21. The quantitative estimate of drug-likeness (QED) is 0.460. The molecule has 0 N–H and O–H groups in total. The second-order valence-corrected chi connectivity index (χ2v) is 3.53. The molecule has 2 rings (SSSR count). The topological polar surface area (TPSA) is 69.4 Å². The van der Waals surface area contributed by atoms with E-state index in [4.69, 9.17) is 4.52 Å². The van der Waals surface area contributed by atoms with Crippen molar-refractivity contribution in [3.8, 4) is 0 Å². The third-order valence-electron chi connectivity index (χ3n) is 2.38. The van der Waals surface area contributed by atoms with Gasteiger partial charge in [0.05, 0.1) is 12.3 Å². The van der Waals surface area contributed by atoms with E-state index in [0.717, 1.165) is 11.1 Å². The van der Waals surface area contributed by atoms with Crippen molar-refractivity contribution >= 4 is 22.7 Å². The Kier molecular flexibility index (Phi) is 2.91. The average molecular weight is 233 g/mol. The highest BCUT2D eigenvalue weighted by Gasteiger charge is 2.18. The minimum absolute atomic E-state index is 0.175. The summed E-state index contributed by atoms with van der Waals surface area (Å²) in [6, 6.07) is 4.76. The number of ether oxygens (including phenoxy) is 1. The molecule has 0 bridgehead atoms. The standard InChI is InChI=1S/C12H11NO4/c1-3-16-12(15)11(14)8-4-5-9-7(2)13-17-10(9)6-8/h4-6H,3H2,1-2H3. The lowest BCUT2D eigenvalue weighted by Crippen LogP contribution is -2.17. The van der Waals surface area contributed by atoms with Crippen molar-refractivity contribution in [3.63, 3.8) is 0 Å². The maximum absolute atomic E-state index is 11.6. The Morgan fingerprint density at radius 3 is 2.88 bits per heavy atom. The second kappa shape index (κ2) is 4.37. The number of carbonyl (C=O) groups excluding carboxylic acids is 2. The van der Waals surface area contributed by atoms with E-state index in [-0.39, 0.29) is 12.2 Å². The van der Waals surface area contributed by atoms with Crippen LogP contribution in [0.5, 0.6) is 0 Å². The average Bonchev–Trinajstić information content (AvgIpc) is 2.70. The SMILES string of the molecule is CCOC(=O)C(=O)c1ccc2c(C)noc2c1. The van der Waals surface area contributed by atoms with Gasteiger partial charge < -0.3 is 9.26 Å². The zero-order valence-electron chi connectivity index (χ0n) is 9.52. The molecule has 0 unspecified atom stereocenters. The summed E-state index contributed by atoms with van der Waals surface area (Å²) in [5.74, 6) is -1.54. The lowest BCUT2D eigenvalue weighted by atomic mass is 10.1. The van der Waals surface area contributed by atoms with Gasteiger partial charge in [0.25, 0.3) is 5.78 Å². The van der Waals surface area contributed by atoms with E-state index in [1.807, 2.05) is 0 Å². The first-order valence-corrected chi connectivity index (χ1v) is 5.21. The molecule has 2 aromatic rings. The van der Waals surface area contributed by atoms with E-state index in [0.29, 0.717) is 5.58 Å². The first-order chi connectivity index (χ1) is 8.13. The van der Waals surface area contributed by atoms with Crippen LogP contribution in [0.1, 0.15) is 23.0 Å². The molecular formula is C12H11NO4. The van der Waals surface area contributed by atoms with Crippen LogP contribution >= 0.6 is 0 Å². The molecule has 0 aliphatic rings. The molecule has 5 nitrogen and oxygen atoms in total. The molecule has 0 amide bonds. The van der Waals surface area contributed by atoms with Crippen molar-refractivity contribution in [2.75, 3.05) is 6.61 Å². The van der Waals surface area contributed by atoms with Crippen LogP contribution in [0.15, 0.2) is 22.7 Å². The molecule has 0 radical (unpaired) electrons. The van der Waals surface area contributed by atoms with Gasteiger partial charge in [-0.3, -0.25) is 4.79 Å². The number of benzene rings is 1. The number of nitrogens with zero attached hydrogens (tertiary/aromatic N) is 1. The van der Waals surface area contributed by atoms with E-state index >= 15 is 0 Å². The number of hydrogen-bond donors (Lipinski definition) is 0. The molecule has 0 atom stereocenters. The summed E-state index contributed by atoms with van der Waals surface area (Å²) < 4.78 is 9.67. The fourth-order valence-corrected chi connectivity index (χ4v) is 1.52. The first kappa shape index (κ1) is 11.3. The number of ketones is 1. The highest BCUT2D eigenvalue weighted by molar-refractivity contribution is 6.40. The normalized spacial score (nSPS) is 10.5. The number of carbonyl (C=O) groups is 2. The van der Waals surface area contributed by atoms with Crippen molar-refractivity contribution < 1.29 is 18.8 Å². The molecule has 0 aliphatic heterocycles. The Bertz CT molecular complexity index is 585. The number of hydrogen-bond acceptors (Lipinski definition) is 5. The number of esters is 1. The van der Waals surface area contributed by atoms with Gasteiger partial charge in [-0.25, -0.2) is 4.79 Å². The number of rotatable bonds is 3. The van der Waals surface area contributed by atoms with Crippen LogP contribution in [-0.2, 0) is 9.53 Å². The van der Waals surface area contributed by atoms with Crippen LogP contribution in [-0.4, -0.2) is 23.5 Å². The van der Waals surface area contributed by atoms with Gasteiger partial charge in [-0.15, -0.1) is 0 Å². The zero-order chi connectivity index (χ0) is 12.4. The van der Waals surface area contributed by atoms with Gasteiger partial charge in [-0.2, -0.15) is 0 Å². The van der Waals surface area contributed by atoms with Gasteiger partial charge in [0.15, 0.2) is 5.58 Å². The summed E-state index contributed by atoms with van der Waals surface area (Å²) in [7, 11) is 0. The smallest absolute Gasteiger partial charge is 0.379 e. The Hall–Kier alpha value is -2.17. The van der Waals surface area contributed by atoms with Crippen LogP contribution in [0, 0.1) is 6.92 Å². The predicted molar refractivity (Wildman–Crippen MR) is 59.7 cm³/mol. The van der Waals surface area contributed by atoms with Gasteiger partial charge in [-0.05, 0) is 32.0 Å². The predicted octanol–water partition coefficient (Wildman–Crippen LogP) is 1.88. The molecule has 17 heavy (non-hydrogen) atoms. The van der Waals surface area contributed by atoms with E-state index < -0.39 is 11.8 Å². The zero-order valence-corrected chi connectivity index (χ0v) is 9.52. The highest BCUT2D eigenvalue weighted by atomic mass is 16.5. The number of aryl methyl sites for hydroxylation is 1. The summed E-state index contributed by atoms with van der Waals surface area (Å²) >= 11 is 0. The molecule has 1 aromatic heterocycles. The van der Waals surface area contributed by atoms with Gasteiger partial charge >= 0.3 is 5.97 Å². The number of Topliss-reactive ketones (excluding diaryl/α,β-unsaturated/α-hetero) is 1. The Morgan fingerprint density at radius 1 is 1.41 bits per heavy atom. The molecule has 0 spiro atoms. The van der Waals surface area contributed by atoms with E-state index in [2.05, 4.69) is 9.89 Å². The summed E-state index contributed by atoms with van der Waals surface area (Å²) in [4.78, 5) is 22.9. The fourth-order valence-electron chi connectivity index (χ4n) is 1.52. The minimum Gasteiger partial charge on any atom is -0.460 e. The summed E-state index contributed by atoms with van der Waals surface area (Å²) in [6.45, 7) is 3.63. The highest BCUT2D eigenvalue weighted by Crippen LogP contribution is 2.19. The number of fused-ring (bicyclic) bond motifs is 1. The molecular weight excluding hydrogens is 222 g/mol. The lowest BCUT2D eigenvalue weighted by molar-refractivity contribution is -0.137. The van der Waals surface area contributed by atoms with Crippen LogP contribution in [0.3, 0.4) is 0 Å². The molecule has 0 fully saturated rings. The van der Waals surface area contributed by atoms with Crippen molar-refractivity contribution in [1.82, 2.24) is 5.16 Å². The third kappa shape index (κ3) is 2.04. The van der Waals surface area contributed by atoms with E-state index in [9.17, 15) is 9.59 Å². The van der Waals surface area contributed by atoms with Crippen molar-refractivity contribution in [2.45, 2.75) is 13.8 Å². The molecule has 1 heterocycles. The molecule has 1 aromatic carbocycles. The molecule has 0 aliphatic carbocycles. The van der Waals surface area contributed by atoms with Crippen LogP contribution in [0.25, 0.3) is 11.0 Å². The maximum Gasteiger partial charge on any atom is 0.379 e. The molecule has 88 valence electrons. The Labute approximate surface area is 97.3 Å². The monoisotopic (exact) mass is 233 g/mol. The number of aromatic nitrogens is 1. The van der Waals surface area contributed by atoms with Gasteiger partial charge in [0.1, 0.15) is 0 Å². The Morgan fingerprint density at radius 2 is 2.18 bits per heavy atom. The van der Waals surface area contributed by atoms with Crippen LogP contribution in [0.4, 0.5) is 0 Å². The van der Waals surface area contributed by atoms with Crippen molar-refractivity contribution in [1.29, 1.82) is 0 Å².